The number of carbonyl (C=O) groups is 2. The highest BCUT2D eigenvalue weighted by molar-refractivity contribution is 5.93. The molecule has 0 aliphatic heterocycles. The van der Waals surface area contributed by atoms with Gasteiger partial charge in [0.25, 0.3) is 5.69 Å². The summed E-state index contributed by atoms with van der Waals surface area (Å²) in [5.41, 5.74) is 1.87. The second kappa shape index (κ2) is 9.64. The number of hydrogen-bond acceptors (Lipinski definition) is 4. The van der Waals surface area contributed by atoms with Gasteiger partial charge in [-0.25, -0.2) is 0 Å². The molecule has 1 fully saturated rings. The van der Waals surface area contributed by atoms with Crippen molar-refractivity contribution >= 4 is 29.3 Å². The van der Waals surface area contributed by atoms with Gasteiger partial charge in [0.1, 0.15) is 0 Å². The standard InChI is InChI=1S/C22H23N3O4/c26-21(13-12-17-7-3-4-11-20(17)25(28)29)23-15-16-6-5-10-19(14-16)24-22(27)18-8-1-2-9-18/h3-7,10-14,18H,1-2,8-9,15H2,(H,23,26)(H,24,27). The van der Waals surface area contributed by atoms with E-state index in [9.17, 15) is 19.7 Å². The maximum absolute atomic E-state index is 12.2. The number of nitrogens with one attached hydrogen (secondary N) is 2. The first-order valence-electron chi connectivity index (χ1n) is 9.62. The maximum Gasteiger partial charge on any atom is 0.276 e. The summed E-state index contributed by atoms with van der Waals surface area (Å²) in [6, 6.07) is 13.6. The first-order chi connectivity index (χ1) is 14.0. The Morgan fingerprint density at radius 3 is 2.62 bits per heavy atom. The number of para-hydroxylation sites is 1. The van der Waals surface area contributed by atoms with Gasteiger partial charge in [0.2, 0.25) is 11.8 Å². The molecule has 0 radical (unpaired) electrons. The molecule has 0 atom stereocenters. The first kappa shape index (κ1) is 20.3. The molecule has 1 saturated carbocycles. The summed E-state index contributed by atoms with van der Waals surface area (Å²) < 4.78 is 0. The average Bonchev–Trinajstić information content (AvgIpc) is 3.26. The van der Waals surface area contributed by atoms with Crippen LogP contribution in [0.1, 0.15) is 36.8 Å². The topological polar surface area (TPSA) is 101 Å². The second-order valence-corrected chi connectivity index (χ2v) is 7.04. The Balaban J connectivity index is 1.55. The number of nitrogens with zero attached hydrogens (tertiary/aromatic N) is 1. The third-order valence-corrected chi connectivity index (χ3v) is 4.93. The van der Waals surface area contributed by atoms with Gasteiger partial charge in [0, 0.05) is 30.3 Å². The zero-order valence-electron chi connectivity index (χ0n) is 16.0. The predicted molar refractivity (Wildman–Crippen MR) is 111 cm³/mol. The van der Waals surface area contributed by atoms with Crippen molar-refractivity contribution < 1.29 is 14.5 Å². The number of carbonyl (C=O) groups excluding carboxylic acids is 2. The van der Waals surface area contributed by atoms with Gasteiger partial charge >= 0.3 is 0 Å². The van der Waals surface area contributed by atoms with E-state index in [0.717, 1.165) is 31.2 Å². The zero-order valence-corrected chi connectivity index (χ0v) is 16.0. The quantitative estimate of drug-likeness (QED) is 0.421. The zero-order chi connectivity index (χ0) is 20.6. The van der Waals surface area contributed by atoms with Gasteiger partial charge in [-0.05, 0) is 42.7 Å². The van der Waals surface area contributed by atoms with Crippen LogP contribution in [0.15, 0.2) is 54.6 Å². The number of anilines is 1. The number of amides is 2. The normalized spacial score (nSPS) is 14.1. The molecule has 1 aliphatic rings. The van der Waals surface area contributed by atoms with Gasteiger partial charge < -0.3 is 10.6 Å². The Kier molecular flexibility index (Phi) is 6.73. The van der Waals surface area contributed by atoms with Gasteiger partial charge in [0.15, 0.2) is 0 Å². The van der Waals surface area contributed by atoms with Crippen LogP contribution in [0.2, 0.25) is 0 Å². The van der Waals surface area contributed by atoms with Crippen molar-refractivity contribution in [2.24, 2.45) is 5.92 Å². The van der Waals surface area contributed by atoms with Crippen LogP contribution in [0, 0.1) is 16.0 Å². The van der Waals surface area contributed by atoms with Crippen LogP contribution < -0.4 is 10.6 Å². The Hall–Kier alpha value is -3.48. The van der Waals surface area contributed by atoms with Crippen molar-refractivity contribution in [3.8, 4) is 0 Å². The summed E-state index contributed by atoms with van der Waals surface area (Å²) in [6.45, 7) is 0.285. The molecule has 7 nitrogen and oxygen atoms in total. The van der Waals surface area contributed by atoms with E-state index in [4.69, 9.17) is 0 Å². The highest BCUT2D eigenvalue weighted by Gasteiger charge is 2.22. The monoisotopic (exact) mass is 393 g/mol. The number of benzene rings is 2. The van der Waals surface area contributed by atoms with Crippen LogP contribution in [-0.2, 0) is 16.1 Å². The molecule has 0 bridgehead atoms. The SMILES string of the molecule is O=C(C=Cc1ccccc1[N+](=O)[O-])NCc1cccc(NC(=O)C2CCCC2)c1. The van der Waals surface area contributed by atoms with Gasteiger partial charge in [-0.1, -0.05) is 37.1 Å². The minimum Gasteiger partial charge on any atom is -0.348 e. The van der Waals surface area contributed by atoms with Crippen LogP contribution in [0.25, 0.3) is 6.08 Å². The minimum atomic E-state index is -0.483. The van der Waals surface area contributed by atoms with Crippen molar-refractivity contribution in [3.63, 3.8) is 0 Å². The van der Waals surface area contributed by atoms with Crippen LogP contribution in [-0.4, -0.2) is 16.7 Å². The molecule has 2 aromatic rings. The smallest absolute Gasteiger partial charge is 0.276 e. The molecule has 2 N–H and O–H groups in total. The van der Waals surface area contributed by atoms with E-state index in [1.54, 1.807) is 18.2 Å². The average molecular weight is 393 g/mol. The summed E-state index contributed by atoms with van der Waals surface area (Å²) >= 11 is 0. The van der Waals surface area contributed by atoms with Crippen molar-refractivity contribution in [2.75, 3.05) is 5.32 Å². The molecule has 7 heteroatoms. The summed E-state index contributed by atoms with van der Waals surface area (Å²) in [5, 5.41) is 16.7. The molecule has 0 heterocycles. The largest absolute Gasteiger partial charge is 0.348 e. The summed E-state index contributed by atoms with van der Waals surface area (Å²) in [4.78, 5) is 34.8. The molecule has 2 aromatic carbocycles. The Labute approximate surface area is 169 Å². The lowest BCUT2D eigenvalue weighted by Crippen LogP contribution is -2.21. The second-order valence-electron chi connectivity index (χ2n) is 7.04. The van der Waals surface area contributed by atoms with Crippen molar-refractivity contribution in [3.05, 3.63) is 75.8 Å². The number of nitro groups is 1. The molecule has 29 heavy (non-hydrogen) atoms. The fraction of sp³-hybridized carbons (Fsp3) is 0.273. The summed E-state index contributed by atoms with van der Waals surface area (Å²) in [6.07, 6.45) is 6.77. The van der Waals surface area contributed by atoms with E-state index in [1.165, 1.54) is 18.2 Å². The number of nitro benzene ring substituents is 1. The summed E-state index contributed by atoms with van der Waals surface area (Å²) in [5.74, 6) is -0.217. The van der Waals surface area contributed by atoms with E-state index in [2.05, 4.69) is 10.6 Å². The van der Waals surface area contributed by atoms with Crippen LogP contribution in [0.4, 0.5) is 11.4 Å². The number of hydrogen-bond donors (Lipinski definition) is 2. The summed E-state index contributed by atoms with van der Waals surface area (Å²) in [7, 11) is 0. The lowest BCUT2D eigenvalue weighted by Gasteiger charge is -2.11. The Morgan fingerprint density at radius 1 is 1.10 bits per heavy atom. The molecular formula is C22H23N3O4. The lowest BCUT2D eigenvalue weighted by molar-refractivity contribution is -0.385. The molecule has 3 rings (SSSR count). The third-order valence-electron chi connectivity index (χ3n) is 4.93. The Morgan fingerprint density at radius 2 is 1.86 bits per heavy atom. The predicted octanol–water partition coefficient (Wildman–Crippen LogP) is 4.05. The fourth-order valence-corrected chi connectivity index (χ4v) is 3.40. The molecule has 150 valence electrons. The highest BCUT2D eigenvalue weighted by Crippen LogP contribution is 2.26. The van der Waals surface area contributed by atoms with E-state index in [0.29, 0.717) is 11.3 Å². The molecule has 0 spiro atoms. The Bertz CT molecular complexity index is 933. The molecule has 0 aromatic heterocycles. The van der Waals surface area contributed by atoms with Crippen LogP contribution in [0.3, 0.4) is 0 Å². The lowest BCUT2D eigenvalue weighted by atomic mass is 10.1. The molecule has 0 saturated heterocycles. The minimum absolute atomic E-state index is 0.0519. The van der Waals surface area contributed by atoms with Crippen LogP contribution >= 0.6 is 0 Å². The van der Waals surface area contributed by atoms with Crippen molar-refractivity contribution in [1.29, 1.82) is 0 Å². The van der Waals surface area contributed by atoms with Gasteiger partial charge in [-0.15, -0.1) is 0 Å². The van der Waals surface area contributed by atoms with E-state index < -0.39 is 4.92 Å². The first-order valence-corrected chi connectivity index (χ1v) is 9.62. The third kappa shape index (κ3) is 5.75. The van der Waals surface area contributed by atoms with E-state index >= 15 is 0 Å². The van der Waals surface area contributed by atoms with Gasteiger partial charge in [-0.2, -0.15) is 0 Å². The van der Waals surface area contributed by atoms with E-state index in [1.807, 2.05) is 24.3 Å². The van der Waals surface area contributed by atoms with Gasteiger partial charge in [0.05, 0.1) is 10.5 Å². The van der Waals surface area contributed by atoms with E-state index in [-0.39, 0.29) is 30.0 Å². The van der Waals surface area contributed by atoms with Crippen molar-refractivity contribution in [2.45, 2.75) is 32.2 Å². The molecule has 2 amide bonds. The molecule has 1 aliphatic carbocycles. The van der Waals surface area contributed by atoms with Crippen LogP contribution in [0.5, 0.6) is 0 Å². The maximum atomic E-state index is 12.2. The molecular weight excluding hydrogens is 370 g/mol. The fourth-order valence-electron chi connectivity index (χ4n) is 3.40. The number of rotatable bonds is 7. The van der Waals surface area contributed by atoms with Gasteiger partial charge in [-0.3, -0.25) is 19.7 Å². The van der Waals surface area contributed by atoms with Crippen molar-refractivity contribution in [1.82, 2.24) is 5.32 Å². The molecule has 0 unspecified atom stereocenters. The highest BCUT2D eigenvalue weighted by atomic mass is 16.6.